The van der Waals surface area contributed by atoms with E-state index in [1.807, 2.05) is 67.7 Å². The van der Waals surface area contributed by atoms with E-state index in [1.165, 1.54) is 5.56 Å². The SMILES string of the molecule is COc1cccc(CN(C)CC(O)COc2ccc(-c3ccccc3)cc2)c1. The van der Waals surface area contributed by atoms with Gasteiger partial charge in [0.2, 0.25) is 0 Å². The van der Waals surface area contributed by atoms with Gasteiger partial charge in [0.25, 0.3) is 0 Å². The first-order valence-corrected chi connectivity index (χ1v) is 9.42. The van der Waals surface area contributed by atoms with Crippen molar-refractivity contribution in [3.63, 3.8) is 0 Å². The van der Waals surface area contributed by atoms with Crippen LogP contribution in [0.25, 0.3) is 11.1 Å². The minimum atomic E-state index is -0.565. The van der Waals surface area contributed by atoms with E-state index in [4.69, 9.17) is 9.47 Å². The maximum absolute atomic E-state index is 10.3. The van der Waals surface area contributed by atoms with E-state index < -0.39 is 6.10 Å². The van der Waals surface area contributed by atoms with Crippen molar-refractivity contribution in [2.24, 2.45) is 0 Å². The lowest BCUT2D eigenvalue weighted by atomic mass is 10.1. The molecule has 0 aliphatic carbocycles. The molecule has 0 spiro atoms. The summed E-state index contributed by atoms with van der Waals surface area (Å²) in [7, 11) is 3.65. The average molecular weight is 377 g/mol. The summed E-state index contributed by atoms with van der Waals surface area (Å²) in [5, 5.41) is 10.3. The molecule has 3 aromatic carbocycles. The molecule has 0 aliphatic heterocycles. The molecule has 0 saturated carbocycles. The summed E-state index contributed by atoms with van der Waals surface area (Å²) in [6, 6.07) is 26.1. The van der Waals surface area contributed by atoms with Crippen LogP contribution in [0, 0.1) is 0 Å². The van der Waals surface area contributed by atoms with Crippen LogP contribution in [0.4, 0.5) is 0 Å². The summed E-state index contributed by atoms with van der Waals surface area (Å²) < 4.78 is 11.0. The third-order valence-corrected chi connectivity index (χ3v) is 4.51. The quantitative estimate of drug-likeness (QED) is 0.606. The fourth-order valence-electron chi connectivity index (χ4n) is 3.13. The van der Waals surface area contributed by atoms with E-state index in [9.17, 15) is 5.11 Å². The van der Waals surface area contributed by atoms with Crippen LogP contribution in [-0.2, 0) is 6.54 Å². The van der Waals surface area contributed by atoms with Crippen LogP contribution in [0.15, 0.2) is 78.9 Å². The number of rotatable bonds is 9. The highest BCUT2D eigenvalue weighted by Gasteiger charge is 2.10. The molecule has 0 amide bonds. The van der Waals surface area contributed by atoms with Crippen molar-refractivity contribution < 1.29 is 14.6 Å². The molecule has 1 unspecified atom stereocenters. The van der Waals surface area contributed by atoms with Crippen molar-refractivity contribution in [2.45, 2.75) is 12.6 Å². The van der Waals surface area contributed by atoms with Gasteiger partial charge in [-0.2, -0.15) is 0 Å². The second kappa shape index (κ2) is 9.93. The Labute approximate surface area is 167 Å². The predicted octanol–water partition coefficient (Wildman–Crippen LogP) is 4.23. The van der Waals surface area contributed by atoms with Gasteiger partial charge in [-0.05, 0) is 48.0 Å². The van der Waals surface area contributed by atoms with E-state index in [0.29, 0.717) is 6.54 Å². The first kappa shape index (κ1) is 19.9. The third kappa shape index (κ3) is 5.84. The van der Waals surface area contributed by atoms with Crippen molar-refractivity contribution in [3.8, 4) is 22.6 Å². The fourth-order valence-corrected chi connectivity index (χ4v) is 3.13. The van der Waals surface area contributed by atoms with E-state index in [-0.39, 0.29) is 6.61 Å². The number of ether oxygens (including phenoxy) is 2. The second-order valence-corrected chi connectivity index (χ2v) is 6.90. The molecular formula is C24H27NO3. The van der Waals surface area contributed by atoms with Crippen LogP contribution in [0.3, 0.4) is 0 Å². The van der Waals surface area contributed by atoms with Crippen molar-refractivity contribution in [3.05, 3.63) is 84.4 Å². The topological polar surface area (TPSA) is 41.9 Å². The Balaban J connectivity index is 1.46. The molecular weight excluding hydrogens is 350 g/mol. The lowest BCUT2D eigenvalue weighted by molar-refractivity contribution is 0.0744. The van der Waals surface area contributed by atoms with Crippen LogP contribution >= 0.6 is 0 Å². The van der Waals surface area contributed by atoms with Crippen LogP contribution in [0.1, 0.15) is 5.56 Å². The highest BCUT2D eigenvalue weighted by Crippen LogP contribution is 2.22. The minimum Gasteiger partial charge on any atom is -0.497 e. The highest BCUT2D eigenvalue weighted by molar-refractivity contribution is 5.63. The number of benzene rings is 3. The van der Waals surface area contributed by atoms with E-state index in [0.717, 1.165) is 29.2 Å². The number of nitrogens with zero attached hydrogens (tertiary/aromatic N) is 1. The third-order valence-electron chi connectivity index (χ3n) is 4.51. The second-order valence-electron chi connectivity index (χ2n) is 6.90. The fraction of sp³-hybridized carbons (Fsp3) is 0.250. The Morgan fingerprint density at radius 1 is 0.857 bits per heavy atom. The van der Waals surface area contributed by atoms with Crippen LogP contribution in [-0.4, -0.2) is 43.4 Å². The molecule has 146 valence electrons. The molecule has 4 nitrogen and oxygen atoms in total. The van der Waals surface area contributed by atoms with Gasteiger partial charge in [-0.15, -0.1) is 0 Å². The summed E-state index contributed by atoms with van der Waals surface area (Å²) in [6.45, 7) is 1.52. The Morgan fingerprint density at radius 3 is 2.29 bits per heavy atom. The molecule has 3 aromatic rings. The monoisotopic (exact) mass is 377 g/mol. The van der Waals surface area contributed by atoms with Gasteiger partial charge in [-0.3, -0.25) is 4.90 Å². The zero-order valence-electron chi connectivity index (χ0n) is 16.4. The van der Waals surface area contributed by atoms with Gasteiger partial charge >= 0.3 is 0 Å². The van der Waals surface area contributed by atoms with Gasteiger partial charge in [0.05, 0.1) is 7.11 Å². The number of hydrogen-bond donors (Lipinski definition) is 1. The zero-order valence-corrected chi connectivity index (χ0v) is 16.4. The van der Waals surface area contributed by atoms with Gasteiger partial charge < -0.3 is 14.6 Å². The van der Waals surface area contributed by atoms with Crippen LogP contribution in [0.2, 0.25) is 0 Å². The van der Waals surface area contributed by atoms with Gasteiger partial charge in [-0.25, -0.2) is 0 Å². The summed E-state index contributed by atoms with van der Waals surface area (Å²) in [4.78, 5) is 2.07. The van der Waals surface area contributed by atoms with E-state index >= 15 is 0 Å². The summed E-state index contributed by atoms with van der Waals surface area (Å²) in [5.74, 6) is 1.60. The molecule has 28 heavy (non-hydrogen) atoms. The maximum atomic E-state index is 10.3. The molecule has 0 aromatic heterocycles. The molecule has 1 atom stereocenters. The first-order valence-electron chi connectivity index (χ1n) is 9.42. The van der Waals surface area contributed by atoms with Crippen molar-refractivity contribution >= 4 is 0 Å². The number of likely N-dealkylation sites (N-methyl/N-ethyl adjacent to an activating group) is 1. The number of methoxy groups -OCH3 is 1. The number of aliphatic hydroxyl groups is 1. The Hall–Kier alpha value is -2.82. The molecule has 1 N–H and O–H groups in total. The summed E-state index contributed by atoms with van der Waals surface area (Å²) in [5.41, 5.74) is 3.46. The van der Waals surface area contributed by atoms with Gasteiger partial charge in [-0.1, -0.05) is 54.6 Å². The van der Waals surface area contributed by atoms with Crippen LogP contribution in [0.5, 0.6) is 11.5 Å². The lowest BCUT2D eigenvalue weighted by Crippen LogP contribution is -2.32. The first-order chi connectivity index (χ1) is 13.6. The maximum Gasteiger partial charge on any atom is 0.119 e. The van der Waals surface area contributed by atoms with Gasteiger partial charge in [0.1, 0.15) is 24.2 Å². The highest BCUT2D eigenvalue weighted by atomic mass is 16.5. The van der Waals surface area contributed by atoms with Crippen LogP contribution < -0.4 is 9.47 Å². The largest absolute Gasteiger partial charge is 0.497 e. The Morgan fingerprint density at radius 2 is 1.57 bits per heavy atom. The minimum absolute atomic E-state index is 0.257. The molecule has 0 fully saturated rings. The van der Waals surface area contributed by atoms with Crippen molar-refractivity contribution in [1.82, 2.24) is 4.90 Å². The average Bonchev–Trinajstić information content (AvgIpc) is 2.73. The zero-order chi connectivity index (χ0) is 19.8. The van der Waals surface area contributed by atoms with Crippen molar-refractivity contribution in [1.29, 1.82) is 0 Å². The van der Waals surface area contributed by atoms with Gasteiger partial charge in [0, 0.05) is 13.1 Å². The molecule has 0 bridgehead atoms. The number of hydrogen-bond acceptors (Lipinski definition) is 4. The standard InChI is InChI=1S/C24H27NO3/c1-25(16-19-7-6-10-24(15-19)27-2)17-22(26)18-28-23-13-11-21(12-14-23)20-8-4-3-5-9-20/h3-15,22,26H,16-18H2,1-2H3. The molecule has 0 aliphatic rings. The molecule has 3 rings (SSSR count). The molecule has 0 radical (unpaired) electrons. The normalized spacial score (nSPS) is 12.0. The smallest absolute Gasteiger partial charge is 0.119 e. The molecule has 4 heteroatoms. The predicted molar refractivity (Wildman–Crippen MR) is 113 cm³/mol. The molecule has 0 saturated heterocycles. The molecule has 0 heterocycles. The van der Waals surface area contributed by atoms with Crippen molar-refractivity contribution in [2.75, 3.05) is 27.3 Å². The Bertz CT molecular complexity index is 849. The Kier molecular flexibility index (Phi) is 7.06. The summed E-state index contributed by atoms with van der Waals surface area (Å²) in [6.07, 6.45) is -0.565. The van der Waals surface area contributed by atoms with E-state index in [1.54, 1.807) is 7.11 Å². The number of aliphatic hydroxyl groups excluding tert-OH is 1. The lowest BCUT2D eigenvalue weighted by Gasteiger charge is -2.21. The van der Waals surface area contributed by atoms with Gasteiger partial charge in [0.15, 0.2) is 0 Å². The van der Waals surface area contributed by atoms with E-state index in [2.05, 4.69) is 23.1 Å². The summed E-state index contributed by atoms with van der Waals surface area (Å²) >= 11 is 0.